The molecule has 24 nitrogen and oxygen atoms in total. The number of hydrogen-bond acceptors (Lipinski definition) is 13. The molecule has 18 N–H and O–H groups in total. The average Bonchev–Trinajstić information content (AvgIpc) is 3.73. The third-order valence-electron chi connectivity index (χ3n) is 11.3. The third-order valence-corrected chi connectivity index (χ3v) is 14.6. The molecule has 0 bridgehead atoms. The molecule has 0 unspecified atom stereocenters. The van der Waals surface area contributed by atoms with Crippen molar-refractivity contribution in [1.29, 1.82) is 0 Å². The van der Waals surface area contributed by atoms with E-state index in [2.05, 4.69) is 52.2 Å². The van der Waals surface area contributed by atoms with E-state index in [4.69, 9.17) is 22.9 Å². The highest BCUT2D eigenvalue weighted by molar-refractivity contribution is 8.77. The second kappa shape index (κ2) is 28.1. The van der Waals surface area contributed by atoms with Crippen LogP contribution < -0.4 is 60.2 Å². The number of carbonyl (C=O) groups excluding carboxylic acids is 7. The number of fused-ring (bicyclic) bond motifs is 1. The molecule has 0 spiro atoms. The number of aromatic amines is 1. The quantitative estimate of drug-likeness (QED) is 0.0304. The molecule has 7 atom stereocenters. The number of H-pyrrole nitrogens is 1. The van der Waals surface area contributed by atoms with Gasteiger partial charge in [-0.05, 0) is 63.1 Å². The molecule has 392 valence electrons. The summed E-state index contributed by atoms with van der Waals surface area (Å²) in [5.41, 5.74) is 23.9. The number of aliphatic hydroxyl groups excluding tert-OH is 1. The van der Waals surface area contributed by atoms with Gasteiger partial charge in [-0.1, -0.05) is 70.1 Å². The van der Waals surface area contributed by atoms with E-state index < -0.39 is 101 Å². The number of carboxylic acid groups (broad SMARTS) is 1. The van der Waals surface area contributed by atoms with Gasteiger partial charge < -0.3 is 75.3 Å². The number of benzene rings is 2. The van der Waals surface area contributed by atoms with Crippen molar-refractivity contribution in [3.63, 3.8) is 0 Å². The lowest BCUT2D eigenvalue weighted by atomic mass is 10.00. The predicted octanol–water partition coefficient (Wildman–Crippen LogP) is -1.89. The molecule has 1 saturated heterocycles. The number of aliphatic hydroxyl groups is 1. The van der Waals surface area contributed by atoms with Crippen LogP contribution in [0.5, 0.6) is 0 Å². The minimum Gasteiger partial charge on any atom is -0.480 e. The van der Waals surface area contributed by atoms with Crippen LogP contribution in [-0.4, -0.2) is 147 Å². The summed E-state index contributed by atoms with van der Waals surface area (Å²) in [6.45, 7) is 3.58. The first-order valence-corrected chi connectivity index (χ1v) is 25.4. The number of nitrogens with two attached hydrogens (primary N) is 4. The Morgan fingerprint density at radius 2 is 1.33 bits per heavy atom. The molecule has 0 saturated carbocycles. The number of carboxylic acids is 1. The SMILES string of the molecule is CC(=O)N[C@H](CCCN=C(N)N)C(=O)N[C@H]1CCSSC(C)(C)[C@@H](C(=O)O)NC(=O)[C@H](Cc2c[nH]c3ccccc23)NC(=O)[C@H](CCCN=C(N)N)NC(=O)[C@@H](Cc2ccccc2)NC(=O)[C@H](CO)NC1=O. The molecule has 2 aromatic carbocycles. The number of guanidine groups is 2. The van der Waals surface area contributed by atoms with Gasteiger partial charge >= 0.3 is 5.97 Å². The Kier molecular flexibility index (Phi) is 22.4. The van der Waals surface area contributed by atoms with Crippen molar-refractivity contribution in [2.45, 2.75) is 113 Å². The molecule has 26 heteroatoms. The monoisotopic (exact) mass is 1040 g/mol. The van der Waals surface area contributed by atoms with E-state index in [9.17, 15) is 48.6 Å². The van der Waals surface area contributed by atoms with Gasteiger partial charge in [0.15, 0.2) is 11.9 Å². The fourth-order valence-corrected chi connectivity index (χ4v) is 10.3. The van der Waals surface area contributed by atoms with Gasteiger partial charge in [0.2, 0.25) is 41.4 Å². The molecule has 0 radical (unpaired) electrons. The van der Waals surface area contributed by atoms with Crippen LogP contribution in [0.1, 0.15) is 64.0 Å². The van der Waals surface area contributed by atoms with Gasteiger partial charge in [-0.15, -0.1) is 0 Å². The highest BCUT2D eigenvalue weighted by atomic mass is 33.1. The first-order chi connectivity index (χ1) is 34.2. The maximum atomic E-state index is 14.5. The van der Waals surface area contributed by atoms with Gasteiger partial charge in [-0.3, -0.25) is 43.5 Å². The second-order valence-corrected chi connectivity index (χ2v) is 20.5. The van der Waals surface area contributed by atoms with E-state index in [0.717, 1.165) is 32.5 Å². The minimum absolute atomic E-state index is 0.0448. The van der Waals surface area contributed by atoms with Gasteiger partial charge in [0.05, 0.1) is 11.4 Å². The zero-order valence-corrected chi connectivity index (χ0v) is 41.9. The Labute approximate surface area is 424 Å². The van der Waals surface area contributed by atoms with Crippen LogP contribution >= 0.6 is 21.6 Å². The highest BCUT2D eigenvalue weighted by Crippen LogP contribution is 2.39. The molecule has 0 aliphatic carbocycles. The van der Waals surface area contributed by atoms with Gasteiger partial charge in [-0.25, -0.2) is 4.79 Å². The highest BCUT2D eigenvalue weighted by Gasteiger charge is 2.40. The molecular formula is C46H66N14O10S2. The number of nitrogens with zero attached hydrogens (tertiary/aromatic N) is 2. The zero-order chi connectivity index (χ0) is 53.0. The Balaban J connectivity index is 1.79. The van der Waals surface area contributed by atoms with Gasteiger partial charge in [0.25, 0.3) is 0 Å². The molecule has 1 aliphatic heterocycles. The molecule has 72 heavy (non-hydrogen) atoms. The van der Waals surface area contributed by atoms with E-state index in [0.29, 0.717) is 11.1 Å². The number of aromatic nitrogens is 1. The van der Waals surface area contributed by atoms with E-state index in [1.807, 2.05) is 18.2 Å². The number of hydrogen-bond donors (Lipinski definition) is 14. The van der Waals surface area contributed by atoms with Crippen LogP contribution in [-0.2, 0) is 51.2 Å². The first-order valence-electron chi connectivity index (χ1n) is 23.1. The molecule has 1 aromatic heterocycles. The van der Waals surface area contributed by atoms with Crippen LogP contribution in [0, 0.1) is 0 Å². The smallest absolute Gasteiger partial charge is 0.327 e. The lowest BCUT2D eigenvalue weighted by Crippen LogP contribution is -2.61. The molecule has 7 amide bonds. The predicted molar refractivity (Wildman–Crippen MR) is 275 cm³/mol. The Hall–Kier alpha value is -7.06. The van der Waals surface area contributed by atoms with Crippen LogP contribution in [0.4, 0.5) is 0 Å². The van der Waals surface area contributed by atoms with Crippen molar-refractivity contribution in [3.8, 4) is 0 Å². The van der Waals surface area contributed by atoms with Crippen molar-refractivity contribution in [2.24, 2.45) is 32.9 Å². The number of carbonyl (C=O) groups is 8. The fraction of sp³-hybridized carbons (Fsp3) is 0.478. The first kappa shape index (κ1) is 57.5. The Morgan fingerprint density at radius 1 is 0.764 bits per heavy atom. The Bertz CT molecular complexity index is 2430. The maximum Gasteiger partial charge on any atom is 0.327 e. The summed E-state index contributed by atoms with van der Waals surface area (Å²) < 4.78 is -1.27. The van der Waals surface area contributed by atoms with E-state index >= 15 is 0 Å². The molecular weight excluding hydrogens is 973 g/mol. The van der Waals surface area contributed by atoms with Crippen molar-refractivity contribution in [3.05, 3.63) is 71.9 Å². The normalized spacial score (nSPS) is 22.0. The number of para-hydroxylation sites is 1. The average molecular weight is 1040 g/mol. The van der Waals surface area contributed by atoms with E-state index in [1.54, 1.807) is 56.4 Å². The van der Waals surface area contributed by atoms with Crippen molar-refractivity contribution >= 4 is 91.7 Å². The molecule has 1 fully saturated rings. The largest absolute Gasteiger partial charge is 0.480 e. The summed E-state index contributed by atoms with van der Waals surface area (Å²) in [5.74, 6) is -7.49. The zero-order valence-electron chi connectivity index (χ0n) is 40.3. The van der Waals surface area contributed by atoms with E-state index in [1.165, 1.54) is 6.92 Å². The van der Waals surface area contributed by atoms with E-state index in [-0.39, 0.29) is 75.7 Å². The van der Waals surface area contributed by atoms with Crippen molar-refractivity contribution < 1.29 is 48.6 Å². The van der Waals surface area contributed by atoms with Crippen LogP contribution in [0.15, 0.2) is 70.8 Å². The summed E-state index contributed by atoms with van der Waals surface area (Å²) in [5, 5.41) is 40.2. The summed E-state index contributed by atoms with van der Waals surface area (Å²) in [6, 6.07) is 5.78. The van der Waals surface area contributed by atoms with Crippen LogP contribution in [0.25, 0.3) is 10.9 Å². The van der Waals surface area contributed by atoms with Gasteiger partial charge in [0.1, 0.15) is 42.3 Å². The number of amides is 7. The number of nitrogens with one attached hydrogen (secondary N) is 8. The number of aliphatic imine (C=N–C) groups is 2. The van der Waals surface area contributed by atoms with Gasteiger partial charge in [-0.2, -0.15) is 0 Å². The second-order valence-electron chi connectivity index (χ2n) is 17.5. The Morgan fingerprint density at radius 3 is 1.97 bits per heavy atom. The minimum atomic E-state index is -1.68. The summed E-state index contributed by atoms with van der Waals surface area (Å²) in [7, 11) is 2.19. The van der Waals surface area contributed by atoms with Gasteiger partial charge in [0, 0.05) is 55.7 Å². The maximum absolute atomic E-state index is 14.5. The summed E-state index contributed by atoms with van der Waals surface area (Å²) in [4.78, 5) is 122. The molecule has 4 rings (SSSR count). The number of rotatable bonds is 17. The molecule has 3 aromatic rings. The van der Waals surface area contributed by atoms with Crippen molar-refractivity contribution in [1.82, 2.24) is 42.2 Å². The lowest BCUT2D eigenvalue weighted by molar-refractivity contribution is -0.143. The van der Waals surface area contributed by atoms with Crippen LogP contribution in [0.2, 0.25) is 0 Å². The molecule has 1 aliphatic rings. The molecule has 2 heterocycles. The topological polar surface area (TPSA) is 406 Å². The third kappa shape index (κ3) is 18.3. The summed E-state index contributed by atoms with van der Waals surface area (Å²) >= 11 is 0. The van der Waals surface area contributed by atoms with Crippen molar-refractivity contribution in [2.75, 3.05) is 25.4 Å². The standard InChI is InChI=1S/C46H66N14O10S2/c1-25(62)54-30(15-9-18-51-44(47)48)37(63)56-32-17-20-71-72-46(2,3)36(43(69)70)60-41(67)34(22-27-23-53-29-14-8-7-13-28(27)29)58-38(64)31(16-10-19-52-45(49)50)55-40(66)33(21-26-11-5-4-6-12-26)57-42(68)35(24-61)59-39(32)65/h4-8,11-14,23,30-36,53,61H,9-10,15-22,24H2,1-3H3,(H,54,62)(H,55,66)(H,56,63)(H,57,68)(H,58,64)(H,59,65)(H,60,67)(H,69,70)(H4,47,48,51)(H4,49,50,52)/t30-,31+,32+,33-,34+,35+,36-/m1/s1. The van der Waals surface area contributed by atoms with Crippen LogP contribution in [0.3, 0.4) is 0 Å². The lowest BCUT2D eigenvalue weighted by Gasteiger charge is -2.32. The summed E-state index contributed by atoms with van der Waals surface area (Å²) in [6.07, 6.45) is 1.68. The number of aliphatic carboxylic acids is 1. The fourth-order valence-electron chi connectivity index (χ4n) is 7.59.